The lowest BCUT2D eigenvalue weighted by Gasteiger charge is -2.20. The highest BCUT2D eigenvalue weighted by atomic mass is 19.1. The van der Waals surface area contributed by atoms with Crippen LogP contribution in [0.15, 0.2) is 36.4 Å². The first-order valence-electron chi connectivity index (χ1n) is 8.80. The third-order valence-electron chi connectivity index (χ3n) is 5.50. The quantitative estimate of drug-likeness (QED) is 0.833. The van der Waals surface area contributed by atoms with Gasteiger partial charge in [-0.3, -0.25) is 10.2 Å². The molecule has 0 aromatic heterocycles. The van der Waals surface area contributed by atoms with Gasteiger partial charge in [0.2, 0.25) is 0 Å². The van der Waals surface area contributed by atoms with Crippen LogP contribution in [0.2, 0.25) is 0 Å². The molecule has 2 unspecified atom stereocenters. The van der Waals surface area contributed by atoms with E-state index < -0.39 is 17.7 Å². The van der Waals surface area contributed by atoms with Crippen molar-refractivity contribution in [3.05, 3.63) is 59.2 Å². The van der Waals surface area contributed by atoms with E-state index in [4.69, 9.17) is 9.84 Å². The van der Waals surface area contributed by atoms with Gasteiger partial charge in [-0.15, -0.1) is 0 Å². The van der Waals surface area contributed by atoms with Gasteiger partial charge in [0.25, 0.3) is 0 Å². The lowest BCUT2D eigenvalue weighted by atomic mass is 10.0. The van der Waals surface area contributed by atoms with Crippen LogP contribution in [0.5, 0.6) is 5.75 Å². The molecular weight excluding hydrogens is 354 g/mol. The summed E-state index contributed by atoms with van der Waals surface area (Å²) in [5.74, 6) is -0.193. The number of amides is 1. The second-order valence-corrected chi connectivity index (χ2v) is 7.18. The Morgan fingerprint density at radius 3 is 2.30 bits per heavy atom. The SMILES string of the molecule is COc1ccc(CN2CC3C(C2)C3c2c(F)cc(NC(=O)O)cc2F)cc1. The summed E-state index contributed by atoms with van der Waals surface area (Å²) in [4.78, 5) is 12.9. The van der Waals surface area contributed by atoms with Crippen molar-refractivity contribution in [2.24, 2.45) is 11.8 Å². The number of methoxy groups -OCH3 is 1. The minimum absolute atomic E-state index is 0.0880. The fourth-order valence-corrected chi connectivity index (χ4v) is 4.26. The molecule has 0 radical (unpaired) electrons. The summed E-state index contributed by atoms with van der Waals surface area (Å²) in [6, 6.07) is 9.99. The standard InChI is InChI=1S/C20H20F2N2O3/c1-27-13-4-2-11(3-5-13)8-24-9-14-15(10-24)18(14)19-16(21)6-12(7-17(19)22)23-20(25)26/h2-7,14-15,18,23H,8-10H2,1H3,(H,25,26). The Hall–Kier alpha value is -2.67. The third kappa shape index (κ3) is 3.47. The number of carboxylic acid groups (broad SMARTS) is 1. The lowest BCUT2D eigenvalue weighted by molar-refractivity contribution is 0.209. The van der Waals surface area contributed by atoms with Crippen molar-refractivity contribution in [3.8, 4) is 5.75 Å². The molecule has 27 heavy (non-hydrogen) atoms. The van der Waals surface area contributed by atoms with E-state index in [0.717, 1.165) is 37.5 Å². The molecule has 2 aromatic carbocycles. The molecule has 142 valence electrons. The Labute approximate surface area is 155 Å². The van der Waals surface area contributed by atoms with Crippen LogP contribution in [0.4, 0.5) is 19.3 Å². The molecule has 2 aliphatic rings. The Kier molecular flexibility index (Phi) is 4.47. The van der Waals surface area contributed by atoms with Crippen molar-refractivity contribution < 1.29 is 23.4 Å². The Balaban J connectivity index is 1.40. The molecule has 1 saturated heterocycles. The third-order valence-corrected chi connectivity index (χ3v) is 5.50. The Bertz CT molecular complexity index is 837. The second kappa shape index (κ2) is 6.81. The van der Waals surface area contributed by atoms with Crippen LogP contribution in [0.1, 0.15) is 17.0 Å². The van der Waals surface area contributed by atoms with Gasteiger partial charge >= 0.3 is 6.09 Å². The fraction of sp³-hybridized carbons (Fsp3) is 0.350. The highest BCUT2D eigenvalue weighted by molar-refractivity contribution is 5.82. The average Bonchev–Trinajstić information content (AvgIpc) is 3.08. The number of fused-ring (bicyclic) bond motifs is 1. The van der Waals surface area contributed by atoms with Crippen LogP contribution < -0.4 is 10.1 Å². The van der Waals surface area contributed by atoms with Crippen LogP contribution in [0.25, 0.3) is 0 Å². The zero-order valence-electron chi connectivity index (χ0n) is 14.8. The van der Waals surface area contributed by atoms with Gasteiger partial charge < -0.3 is 9.84 Å². The minimum Gasteiger partial charge on any atom is -0.497 e. The van der Waals surface area contributed by atoms with Crippen molar-refractivity contribution in [1.29, 1.82) is 0 Å². The number of hydrogen-bond acceptors (Lipinski definition) is 3. The van der Waals surface area contributed by atoms with Crippen molar-refractivity contribution in [2.45, 2.75) is 12.5 Å². The first-order valence-corrected chi connectivity index (χ1v) is 8.80. The number of piperidine rings is 1. The van der Waals surface area contributed by atoms with E-state index in [9.17, 15) is 13.6 Å². The predicted octanol–water partition coefficient (Wildman–Crippen LogP) is 3.91. The summed E-state index contributed by atoms with van der Waals surface area (Å²) in [5, 5.41) is 10.7. The maximum absolute atomic E-state index is 14.4. The summed E-state index contributed by atoms with van der Waals surface area (Å²) >= 11 is 0. The monoisotopic (exact) mass is 374 g/mol. The summed E-state index contributed by atoms with van der Waals surface area (Å²) in [6.07, 6.45) is -1.35. The van der Waals surface area contributed by atoms with Crippen LogP contribution >= 0.6 is 0 Å². The minimum atomic E-state index is -1.35. The van der Waals surface area contributed by atoms with Gasteiger partial charge in [0.05, 0.1) is 7.11 Å². The van der Waals surface area contributed by atoms with Crippen molar-refractivity contribution in [2.75, 3.05) is 25.5 Å². The highest BCUT2D eigenvalue weighted by Gasteiger charge is 2.57. The van der Waals surface area contributed by atoms with Crippen molar-refractivity contribution in [3.63, 3.8) is 0 Å². The number of ether oxygens (including phenoxy) is 1. The van der Waals surface area contributed by atoms with Crippen LogP contribution in [-0.4, -0.2) is 36.3 Å². The smallest absolute Gasteiger partial charge is 0.409 e. The number of rotatable bonds is 5. The molecule has 0 bridgehead atoms. The number of nitrogens with one attached hydrogen (secondary N) is 1. The first-order chi connectivity index (χ1) is 13.0. The van der Waals surface area contributed by atoms with Gasteiger partial charge in [0, 0.05) is 30.9 Å². The Morgan fingerprint density at radius 1 is 1.19 bits per heavy atom. The molecule has 2 N–H and O–H groups in total. The number of nitrogens with zero attached hydrogens (tertiary/aromatic N) is 1. The van der Waals surface area contributed by atoms with E-state index in [1.54, 1.807) is 7.11 Å². The molecule has 1 saturated carbocycles. The zero-order valence-corrected chi connectivity index (χ0v) is 14.8. The van der Waals surface area contributed by atoms with E-state index in [-0.39, 0.29) is 29.0 Å². The van der Waals surface area contributed by atoms with E-state index in [1.165, 1.54) is 5.56 Å². The van der Waals surface area contributed by atoms with Crippen molar-refractivity contribution >= 4 is 11.8 Å². The van der Waals surface area contributed by atoms with Gasteiger partial charge in [0.1, 0.15) is 17.4 Å². The van der Waals surface area contributed by atoms with E-state index in [1.807, 2.05) is 29.6 Å². The van der Waals surface area contributed by atoms with Gasteiger partial charge in [0.15, 0.2) is 0 Å². The van der Waals surface area contributed by atoms with E-state index in [2.05, 4.69) is 4.90 Å². The molecule has 7 heteroatoms. The van der Waals surface area contributed by atoms with Gasteiger partial charge in [-0.25, -0.2) is 13.6 Å². The van der Waals surface area contributed by atoms with Crippen LogP contribution in [0.3, 0.4) is 0 Å². The Morgan fingerprint density at radius 2 is 1.78 bits per heavy atom. The number of hydrogen-bond donors (Lipinski definition) is 2. The number of anilines is 1. The molecule has 1 aliphatic heterocycles. The van der Waals surface area contributed by atoms with E-state index in [0.29, 0.717) is 0 Å². The van der Waals surface area contributed by atoms with Crippen molar-refractivity contribution in [1.82, 2.24) is 4.90 Å². The summed E-state index contributed by atoms with van der Waals surface area (Å²) in [6.45, 7) is 2.40. The highest BCUT2D eigenvalue weighted by Crippen LogP contribution is 2.59. The molecule has 1 aliphatic carbocycles. The number of likely N-dealkylation sites (tertiary alicyclic amines) is 1. The topological polar surface area (TPSA) is 61.8 Å². The fourth-order valence-electron chi connectivity index (χ4n) is 4.26. The zero-order chi connectivity index (χ0) is 19.1. The van der Waals surface area contributed by atoms with Gasteiger partial charge in [-0.05, 0) is 47.6 Å². The van der Waals surface area contributed by atoms with Crippen LogP contribution in [-0.2, 0) is 6.54 Å². The van der Waals surface area contributed by atoms with Gasteiger partial charge in [-0.2, -0.15) is 0 Å². The largest absolute Gasteiger partial charge is 0.497 e. The molecule has 2 atom stereocenters. The van der Waals surface area contributed by atoms with Gasteiger partial charge in [-0.1, -0.05) is 12.1 Å². The lowest BCUT2D eigenvalue weighted by Crippen LogP contribution is -2.24. The molecular formula is C20H20F2N2O3. The number of halogens is 2. The molecule has 5 nitrogen and oxygen atoms in total. The molecule has 0 spiro atoms. The summed E-state index contributed by atoms with van der Waals surface area (Å²) < 4.78 is 33.9. The summed E-state index contributed by atoms with van der Waals surface area (Å²) in [5.41, 5.74) is 1.17. The first kappa shape index (κ1) is 17.7. The number of benzene rings is 2. The summed E-state index contributed by atoms with van der Waals surface area (Å²) in [7, 11) is 1.63. The molecule has 4 rings (SSSR count). The number of carbonyl (C=O) groups is 1. The average molecular weight is 374 g/mol. The molecule has 1 heterocycles. The van der Waals surface area contributed by atoms with Crippen LogP contribution in [0, 0.1) is 23.5 Å². The maximum Gasteiger partial charge on any atom is 0.409 e. The second-order valence-electron chi connectivity index (χ2n) is 7.18. The van der Waals surface area contributed by atoms with E-state index >= 15 is 0 Å². The molecule has 2 fully saturated rings. The molecule has 2 aromatic rings. The predicted molar refractivity (Wildman–Crippen MR) is 96.0 cm³/mol. The normalized spacial score (nSPS) is 23.7. The molecule has 1 amide bonds. The maximum atomic E-state index is 14.4.